The molecule has 0 amide bonds. The summed E-state index contributed by atoms with van der Waals surface area (Å²) in [5.41, 5.74) is 6.83. The number of imidazole rings is 1. The molecule has 6 nitrogen and oxygen atoms in total. The van der Waals surface area contributed by atoms with Gasteiger partial charge in [-0.1, -0.05) is 43.3 Å². The summed E-state index contributed by atoms with van der Waals surface area (Å²) in [5, 5.41) is 0. The molecule has 0 aliphatic carbocycles. The Morgan fingerprint density at radius 1 is 1.00 bits per heavy atom. The number of nitrogens with zero attached hydrogens (tertiary/aromatic N) is 5. The fourth-order valence-corrected chi connectivity index (χ4v) is 5.73. The second-order valence-corrected chi connectivity index (χ2v) is 10.4. The fourth-order valence-electron chi connectivity index (χ4n) is 5.73. The largest absolute Gasteiger partial charge is 0.379 e. The molecule has 2 aliphatic rings. The Hall–Kier alpha value is -2.54. The molecular weight excluding hydrogens is 446 g/mol. The first-order valence-corrected chi connectivity index (χ1v) is 13.7. The van der Waals surface area contributed by atoms with E-state index in [0.717, 1.165) is 81.0 Å². The van der Waals surface area contributed by atoms with Gasteiger partial charge in [-0.3, -0.25) is 4.90 Å². The second kappa shape index (κ2) is 11.7. The third-order valence-electron chi connectivity index (χ3n) is 7.78. The first-order valence-electron chi connectivity index (χ1n) is 13.7. The van der Waals surface area contributed by atoms with Gasteiger partial charge in [-0.25, -0.2) is 9.97 Å². The van der Waals surface area contributed by atoms with Crippen LogP contribution >= 0.6 is 0 Å². The number of ether oxygens (including phenoxy) is 1. The summed E-state index contributed by atoms with van der Waals surface area (Å²) >= 11 is 0. The number of piperidine rings is 1. The van der Waals surface area contributed by atoms with Gasteiger partial charge in [0.2, 0.25) is 0 Å². The van der Waals surface area contributed by atoms with Crippen molar-refractivity contribution in [1.29, 1.82) is 0 Å². The van der Waals surface area contributed by atoms with Crippen LogP contribution in [0.1, 0.15) is 54.4 Å². The molecule has 5 rings (SSSR count). The summed E-state index contributed by atoms with van der Waals surface area (Å²) in [6, 6.07) is 11.8. The lowest BCUT2D eigenvalue weighted by Gasteiger charge is -2.40. The third-order valence-corrected chi connectivity index (χ3v) is 7.78. The molecule has 0 bridgehead atoms. The number of hydrogen-bond donors (Lipinski definition) is 0. The van der Waals surface area contributed by atoms with Gasteiger partial charge < -0.3 is 14.2 Å². The number of likely N-dealkylation sites (tertiary alicyclic amines) is 1. The molecule has 1 aromatic carbocycles. The van der Waals surface area contributed by atoms with E-state index >= 15 is 0 Å². The Kier molecular flexibility index (Phi) is 8.15. The van der Waals surface area contributed by atoms with Crippen LogP contribution in [0.15, 0.2) is 36.4 Å². The number of morpholine rings is 1. The highest BCUT2D eigenvalue weighted by Gasteiger charge is 2.25. The Morgan fingerprint density at radius 3 is 2.47 bits per heavy atom. The van der Waals surface area contributed by atoms with Crippen LogP contribution in [-0.4, -0.2) is 76.3 Å². The summed E-state index contributed by atoms with van der Waals surface area (Å²) in [4.78, 5) is 15.0. The van der Waals surface area contributed by atoms with Crippen molar-refractivity contribution in [2.24, 2.45) is 0 Å². The van der Waals surface area contributed by atoms with Crippen molar-refractivity contribution in [2.75, 3.05) is 45.9 Å². The van der Waals surface area contributed by atoms with Gasteiger partial charge in [0, 0.05) is 37.8 Å². The van der Waals surface area contributed by atoms with E-state index in [4.69, 9.17) is 14.7 Å². The van der Waals surface area contributed by atoms with Crippen LogP contribution in [0.4, 0.5) is 0 Å². The van der Waals surface area contributed by atoms with Crippen LogP contribution in [0.3, 0.4) is 0 Å². The van der Waals surface area contributed by atoms with E-state index in [1.54, 1.807) is 0 Å². The number of hydrogen-bond acceptors (Lipinski definition) is 5. The van der Waals surface area contributed by atoms with Gasteiger partial charge >= 0.3 is 0 Å². The topological polar surface area (TPSA) is 46.4 Å². The standard InChI is InChI=1S/C30H41N5O/c1-4-28-32-29-23(2)21-24(3)31-30(29)35(28)22-26-10-8-25(9-11-26)7-5-6-14-33-15-12-27(13-16-33)34-17-19-36-20-18-34/h5,7-11,21,27H,4,6,12-20,22H2,1-3H3/b7-5+. The van der Waals surface area contributed by atoms with Gasteiger partial charge in [0.25, 0.3) is 0 Å². The Labute approximate surface area is 216 Å². The Balaban J connectivity index is 1.12. The molecule has 192 valence electrons. The molecule has 2 aliphatic heterocycles. The maximum absolute atomic E-state index is 5.51. The van der Waals surface area contributed by atoms with E-state index in [1.807, 2.05) is 0 Å². The van der Waals surface area contributed by atoms with Crippen molar-refractivity contribution in [3.8, 4) is 0 Å². The summed E-state index contributed by atoms with van der Waals surface area (Å²) < 4.78 is 7.79. The van der Waals surface area contributed by atoms with Gasteiger partial charge in [-0.05, 0) is 69.0 Å². The maximum atomic E-state index is 5.51. The predicted octanol–water partition coefficient (Wildman–Crippen LogP) is 4.86. The van der Waals surface area contributed by atoms with Crippen LogP contribution < -0.4 is 0 Å². The number of aryl methyl sites for hydroxylation is 3. The molecular formula is C30H41N5O. The second-order valence-electron chi connectivity index (χ2n) is 10.4. The lowest BCUT2D eigenvalue weighted by atomic mass is 10.0. The van der Waals surface area contributed by atoms with E-state index in [9.17, 15) is 0 Å². The van der Waals surface area contributed by atoms with Crippen LogP contribution in [0.5, 0.6) is 0 Å². The Bertz CT molecular complexity index is 1170. The molecule has 0 atom stereocenters. The fraction of sp³-hybridized carbons (Fsp3) is 0.533. The number of rotatable bonds is 8. The van der Waals surface area contributed by atoms with E-state index in [0.29, 0.717) is 0 Å². The Morgan fingerprint density at radius 2 is 1.75 bits per heavy atom. The minimum atomic E-state index is 0.761. The molecule has 36 heavy (non-hydrogen) atoms. The first-order chi connectivity index (χ1) is 17.6. The van der Waals surface area contributed by atoms with Gasteiger partial charge in [0.05, 0.1) is 19.8 Å². The molecule has 0 saturated carbocycles. The van der Waals surface area contributed by atoms with E-state index in [-0.39, 0.29) is 0 Å². The molecule has 0 radical (unpaired) electrons. The van der Waals surface area contributed by atoms with Crippen molar-refractivity contribution in [3.63, 3.8) is 0 Å². The third kappa shape index (κ3) is 5.88. The zero-order valence-electron chi connectivity index (χ0n) is 22.2. The normalized spacial score (nSPS) is 18.5. The quantitative estimate of drug-likeness (QED) is 0.454. The van der Waals surface area contributed by atoms with Crippen molar-refractivity contribution in [3.05, 3.63) is 64.6 Å². The minimum absolute atomic E-state index is 0.761. The van der Waals surface area contributed by atoms with Crippen molar-refractivity contribution in [2.45, 2.75) is 59.0 Å². The molecule has 0 N–H and O–H groups in total. The molecule has 0 spiro atoms. The molecule has 2 aromatic heterocycles. The van der Waals surface area contributed by atoms with Gasteiger partial charge in [0.15, 0.2) is 5.65 Å². The van der Waals surface area contributed by atoms with Crippen LogP contribution in [0.2, 0.25) is 0 Å². The van der Waals surface area contributed by atoms with Crippen molar-refractivity contribution < 1.29 is 4.74 Å². The maximum Gasteiger partial charge on any atom is 0.160 e. The lowest BCUT2D eigenvalue weighted by molar-refractivity contribution is 0.00106. The SMILES string of the molecule is CCc1nc2c(C)cc(C)nc2n1Cc1ccc(/C=C/CCN2CCC(N3CCOCC3)CC2)cc1. The summed E-state index contributed by atoms with van der Waals surface area (Å²) in [6.45, 7) is 14.8. The highest BCUT2D eigenvalue weighted by atomic mass is 16.5. The minimum Gasteiger partial charge on any atom is -0.379 e. The van der Waals surface area contributed by atoms with Gasteiger partial charge in [-0.15, -0.1) is 0 Å². The molecule has 2 saturated heterocycles. The van der Waals surface area contributed by atoms with Gasteiger partial charge in [0.1, 0.15) is 11.3 Å². The molecule has 4 heterocycles. The predicted molar refractivity (Wildman–Crippen MR) is 147 cm³/mol. The molecule has 3 aromatic rings. The zero-order chi connectivity index (χ0) is 24.9. The lowest BCUT2D eigenvalue weighted by Crippen LogP contribution is -2.49. The summed E-state index contributed by atoms with van der Waals surface area (Å²) in [7, 11) is 0. The van der Waals surface area contributed by atoms with Crippen LogP contribution in [0, 0.1) is 13.8 Å². The highest BCUT2D eigenvalue weighted by molar-refractivity contribution is 5.76. The number of benzene rings is 1. The summed E-state index contributed by atoms with van der Waals surface area (Å²) in [5.74, 6) is 1.10. The zero-order valence-corrected chi connectivity index (χ0v) is 22.2. The number of pyridine rings is 1. The van der Waals surface area contributed by atoms with Crippen molar-refractivity contribution >= 4 is 17.2 Å². The van der Waals surface area contributed by atoms with E-state index < -0.39 is 0 Å². The first kappa shape index (κ1) is 25.1. The van der Waals surface area contributed by atoms with E-state index in [1.165, 1.54) is 42.6 Å². The van der Waals surface area contributed by atoms with Crippen molar-refractivity contribution in [1.82, 2.24) is 24.3 Å². The van der Waals surface area contributed by atoms with Gasteiger partial charge in [-0.2, -0.15) is 0 Å². The molecule has 2 fully saturated rings. The van der Waals surface area contributed by atoms with E-state index in [2.05, 4.69) is 77.6 Å². The number of aromatic nitrogens is 3. The number of fused-ring (bicyclic) bond motifs is 1. The van der Waals surface area contributed by atoms with Crippen LogP contribution in [0.25, 0.3) is 17.2 Å². The van der Waals surface area contributed by atoms with Crippen LogP contribution in [-0.2, 0) is 17.7 Å². The molecule has 0 unspecified atom stereocenters. The average molecular weight is 488 g/mol. The average Bonchev–Trinajstić information content (AvgIpc) is 3.26. The monoisotopic (exact) mass is 487 g/mol. The summed E-state index contributed by atoms with van der Waals surface area (Å²) in [6.07, 6.45) is 9.20. The smallest absolute Gasteiger partial charge is 0.160 e. The highest BCUT2D eigenvalue weighted by Crippen LogP contribution is 2.22. The molecule has 6 heteroatoms.